The van der Waals surface area contributed by atoms with Crippen molar-refractivity contribution in [1.82, 2.24) is 0 Å². The Balaban J connectivity index is 1.94. The number of ketones is 1. The van der Waals surface area contributed by atoms with E-state index in [0.29, 0.717) is 22.6 Å². The standard InChI is InChI=1S/C19H22N2O2/c1-13-5-8-18(23-2)15(11-13)19(22)14-6-7-17(16(20)12-14)21-9-3-4-10-21/h5-8,11-12H,3-4,9-10,20H2,1-2H3. The molecule has 1 aliphatic rings. The van der Waals surface area contributed by atoms with E-state index in [-0.39, 0.29) is 5.78 Å². The second-order valence-corrected chi connectivity index (χ2v) is 6.00. The number of nitrogens with two attached hydrogens (primary N) is 1. The van der Waals surface area contributed by atoms with E-state index in [1.54, 1.807) is 13.2 Å². The summed E-state index contributed by atoms with van der Waals surface area (Å²) in [5.74, 6) is 0.521. The number of benzene rings is 2. The number of methoxy groups -OCH3 is 1. The summed E-state index contributed by atoms with van der Waals surface area (Å²) < 4.78 is 5.32. The zero-order valence-electron chi connectivity index (χ0n) is 13.6. The molecule has 2 aromatic carbocycles. The molecular formula is C19H22N2O2. The topological polar surface area (TPSA) is 55.6 Å². The van der Waals surface area contributed by atoms with Crippen molar-refractivity contribution >= 4 is 17.2 Å². The molecule has 0 bridgehead atoms. The van der Waals surface area contributed by atoms with Gasteiger partial charge in [0, 0.05) is 18.7 Å². The lowest BCUT2D eigenvalue weighted by Gasteiger charge is -2.20. The number of anilines is 2. The van der Waals surface area contributed by atoms with Gasteiger partial charge in [-0.25, -0.2) is 0 Å². The predicted molar refractivity (Wildman–Crippen MR) is 93.5 cm³/mol. The third kappa shape index (κ3) is 3.02. The van der Waals surface area contributed by atoms with Gasteiger partial charge in [-0.05, 0) is 50.1 Å². The summed E-state index contributed by atoms with van der Waals surface area (Å²) in [6.07, 6.45) is 2.39. The summed E-state index contributed by atoms with van der Waals surface area (Å²) in [4.78, 5) is 15.1. The van der Waals surface area contributed by atoms with Crippen LogP contribution in [0.25, 0.3) is 0 Å². The predicted octanol–water partition coefficient (Wildman–Crippen LogP) is 3.42. The van der Waals surface area contributed by atoms with Gasteiger partial charge in [0.05, 0.1) is 24.0 Å². The Morgan fingerprint density at radius 1 is 1.13 bits per heavy atom. The van der Waals surface area contributed by atoms with E-state index in [4.69, 9.17) is 10.5 Å². The number of aryl methyl sites for hydroxylation is 1. The van der Waals surface area contributed by atoms with Crippen molar-refractivity contribution in [2.24, 2.45) is 0 Å². The van der Waals surface area contributed by atoms with Gasteiger partial charge >= 0.3 is 0 Å². The van der Waals surface area contributed by atoms with E-state index in [9.17, 15) is 4.79 Å². The lowest BCUT2D eigenvalue weighted by Crippen LogP contribution is -2.19. The highest BCUT2D eigenvalue weighted by atomic mass is 16.5. The average molecular weight is 310 g/mol. The minimum absolute atomic E-state index is 0.0646. The first kappa shape index (κ1) is 15.4. The van der Waals surface area contributed by atoms with Gasteiger partial charge in [-0.15, -0.1) is 0 Å². The third-order valence-electron chi connectivity index (χ3n) is 4.34. The molecule has 4 nitrogen and oxygen atoms in total. The normalized spacial score (nSPS) is 14.1. The smallest absolute Gasteiger partial charge is 0.196 e. The lowest BCUT2D eigenvalue weighted by atomic mass is 9.99. The first-order valence-corrected chi connectivity index (χ1v) is 7.94. The molecule has 0 amide bonds. The molecule has 1 aliphatic heterocycles. The molecule has 0 saturated carbocycles. The fourth-order valence-corrected chi connectivity index (χ4v) is 3.10. The molecule has 0 spiro atoms. The van der Waals surface area contributed by atoms with Crippen LogP contribution in [0.1, 0.15) is 34.3 Å². The minimum Gasteiger partial charge on any atom is -0.496 e. The van der Waals surface area contributed by atoms with Crippen molar-refractivity contribution in [2.45, 2.75) is 19.8 Å². The summed E-state index contributed by atoms with van der Waals surface area (Å²) in [7, 11) is 1.58. The van der Waals surface area contributed by atoms with Crippen LogP contribution in [0.4, 0.5) is 11.4 Å². The highest BCUT2D eigenvalue weighted by molar-refractivity contribution is 6.11. The Morgan fingerprint density at radius 2 is 1.87 bits per heavy atom. The van der Waals surface area contributed by atoms with Crippen LogP contribution in [-0.4, -0.2) is 26.0 Å². The van der Waals surface area contributed by atoms with Gasteiger partial charge in [-0.1, -0.05) is 11.6 Å². The molecule has 0 radical (unpaired) electrons. The average Bonchev–Trinajstić information content (AvgIpc) is 3.08. The van der Waals surface area contributed by atoms with Crippen molar-refractivity contribution in [3.63, 3.8) is 0 Å². The Kier molecular flexibility index (Phi) is 4.24. The molecule has 120 valence electrons. The van der Waals surface area contributed by atoms with Crippen molar-refractivity contribution < 1.29 is 9.53 Å². The summed E-state index contributed by atoms with van der Waals surface area (Å²) >= 11 is 0. The van der Waals surface area contributed by atoms with Crippen LogP contribution in [0, 0.1) is 6.92 Å². The summed E-state index contributed by atoms with van der Waals surface area (Å²) in [5.41, 5.74) is 10.1. The van der Waals surface area contributed by atoms with Gasteiger partial charge in [-0.2, -0.15) is 0 Å². The number of carbonyl (C=O) groups excluding carboxylic acids is 1. The van der Waals surface area contributed by atoms with Gasteiger partial charge in [0.25, 0.3) is 0 Å². The van der Waals surface area contributed by atoms with Crippen molar-refractivity contribution in [1.29, 1.82) is 0 Å². The van der Waals surface area contributed by atoms with Crippen LogP contribution in [0.5, 0.6) is 5.75 Å². The van der Waals surface area contributed by atoms with E-state index >= 15 is 0 Å². The van der Waals surface area contributed by atoms with E-state index in [0.717, 1.165) is 24.3 Å². The van der Waals surface area contributed by atoms with Gasteiger partial charge in [-0.3, -0.25) is 4.79 Å². The van der Waals surface area contributed by atoms with E-state index < -0.39 is 0 Å². The number of hydrogen-bond acceptors (Lipinski definition) is 4. The molecular weight excluding hydrogens is 288 g/mol. The molecule has 0 aromatic heterocycles. The maximum absolute atomic E-state index is 12.8. The van der Waals surface area contributed by atoms with Gasteiger partial charge in [0.2, 0.25) is 0 Å². The molecule has 1 fully saturated rings. The summed E-state index contributed by atoms with van der Waals surface area (Å²) in [6.45, 7) is 4.02. The van der Waals surface area contributed by atoms with Crippen molar-refractivity contribution in [2.75, 3.05) is 30.8 Å². The highest BCUT2D eigenvalue weighted by Crippen LogP contribution is 2.30. The van der Waals surface area contributed by atoms with Crippen LogP contribution in [0.3, 0.4) is 0 Å². The third-order valence-corrected chi connectivity index (χ3v) is 4.34. The molecule has 0 unspecified atom stereocenters. The number of rotatable bonds is 4. The van der Waals surface area contributed by atoms with E-state index in [1.807, 2.05) is 37.3 Å². The second-order valence-electron chi connectivity index (χ2n) is 6.00. The van der Waals surface area contributed by atoms with Gasteiger partial charge in [0.1, 0.15) is 5.75 Å². The molecule has 1 saturated heterocycles. The molecule has 23 heavy (non-hydrogen) atoms. The fourth-order valence-electron chi connectivity index (χ4n) is 3.10. The van der Waals surface area contributed by atoms with Crippen LogP contribution >= 0.6 is 0 Å². The fraction of sp³-hybridized carbons (Fsp3) is 0.316. The Morgan fingerprint density at radius 3 is 2.52 bits per heavy atom. The number of carbonyl (C=O) groups is 1. The SMILES string of the molecule is COc1ccc(C)cc1C(=O)c1ccc(N2CCCC2)c(N)c1. The molecule has 4 heteroatoms. The lowest BCUT2D eigenvalue weighted by molar-refractivity contribution is 0.103. The quantitative estimate of drug-likeness (QED) is 0.694. The van der Waals surface area contributed by atoms with Crippen molar-refractivity contribution in [3.05, 3.63) is 53.1 Å². The Hall–Kier alpha value is -2.49. The monoisotopic (exact) mass is 310 g/mol. The molecule has 1 heterocycles. The number of nitrogen functional groups attached to an aromatic ring is 1. The molecule has 2 aromatic rings. The first-order valence-electron chi connectivity index (χ1n) is 7.94. The van der Waals surface area contributed by atoms with E-state index in [2.05, 4.69) is 4.90 Å². The summed E-state index contributed by atoms with van der Waals surface area (Å²) in [5, 5.41) is 0. The molecule has 3 rings (SSSR count). The molecule has 2 N–H and O–H groups in total. The highest BCUT2D eigenvalue weighted by Gasteiger charge is 2.18. The minimum atomic E-state index is -0.0646. The first-order chi connectivity index (χ1) is 11.1. The van der Waals surface area contributed by atoms with Crippen LogP contribution in [0.2, 0.25) is 0 Å². The van der Waals surface area contributed by atoms with E-state index in [1.165, 1.54) is 12.8 Å². The number of nitrogens with zero attached hydrogens (tertiary/aromatic N) is 1. The largest absolute Gasteiger partial charge is 0.496 e. The van der Waals surface area contributed by atoms with Gasteiger partial charge in [0.15, 0.2) is 5.78 Å². The Bertz CT molecular complexity index is 734. The second kappa shape index (κ2) is 6.32. The Labute approximate surface area is 136 Å². The molecule has 0 aliphatic carbocycles. The maximum atomic E-state index is 12.8. The van der Waals surface area contributed by atoms with Crippen molar-refractivity contribution in [3.8, 4) is 5.75 Å². The van der Waals surface area contributed by atoms with Gasteiger partial charge < -0.3 is 15.4 Å². The zero-order chi connectivity index (χ0) is 16.4. The molecule has 0 atom stereocenters. The van der Waals surface area contributed by atoms with Crippen LogP contribution in [-0.2, 0) is 0 Å². The van der Waals surface area contributed by atoms with Crippen LogP contribution in [0.15, 0.2) is 36.4 Å². The number of ether oxygens (including phenoxy) is 1. The van der Waals surface area contributed by atoms with Crippen LogP contribution < -0.4 is 15.4 Å². The number of hydrogen-bond donors (Lipinski definition) is 1. The maximum Gasteiger partial charge on any atom is 0.196 e. The zero-order valence-corrected chi connectivity index (χ0v) is 13.6. The summed E-state index contributed by atoms with van der Waals surface area (Å²) in [6, 6.07) is 11.2.